The van der Waals surface area contributed by atoms with Crippen LogP contribution >= 0.6 is 0 Å². The van der Waals surface area contributed by atoms with E-state index in [2.05, 4.69) is 5.32 Å². The first-order chi connectivity index (χ1) is 9.85. The van der Waals surface area contributed by atoms with Crippen molar-refractivity contribution in [2.24, 2.45) is 5.92 Å². The number of benzene rings is 1. The summed E-state index contributed by atoms with van der Waals surface area (Å²) in [5.41, 5.74) is 0.323. The van der Waals surface area contributed by atoms with E-state index in [0.29, 0.717) is 11.3 Å². The van der Waals surface area contributed by atoms with Crippen molar-refractivity contribution in [3.8, 4) is 5.75 Å². The summed E-state index contributed by atoms with van der Waals surface area (Å²) in [5, 5.41) is 11.3. The van der Waals surface area contributed by atoms with Crippen molar-refractivity contribution in [2.45, 2.75) is 13.5 Å². The predicted molar refractivity (Wildman–Crippen MR) is 74.6 cm³/mol. The van der Waals surface area contributed by atoms with Crippen LogP contribution in [-0.2, 0) is 11.3 Å². The van der Waals surface area contributed by atoms with Gasteiger partial charge in [-0.25, -0.2) is 9.18 Å². The molecule has 1 atom stereocenters. The standard InChI is InChI=1S/C14H19FN2O4/c1-9(13(18)19)8-17(2)14(20)16-7-10-4-5-11(21-3)6-12(10)15/h4-6,9H,7-8H2,1-3H3,(H,16,20)(H,18,19). The van der Waals surface area contributed by atoms with Gasteiger partial charge in [0.15, 0.2) is 0 Å². The number of carbonyl (C=O) groups is 2. The number of urea groups is 1. The third-order valence-electron chi connectivity index (χ3n) is 3.01. The van der Waals surface area contributed by atoms with Crippen LogP contribution in [0.15, 0.2) is 18.2 Å². The molecule has 0 spiro atoms. The first-order valence-electron chi connectivity index (χ1n) is 6.39. The number of rotatable bonds is 6. The van der Waals surface area contributed by atoms with Gasteiger partial charge in [-0.2, -0.15) is 0 Å². The van der Waals surface area contributed by atoms with Crippen molar-refractivity contribution in [2.75, 3.05) is 20.7 Å². The van der Waals surface area contributed by atoms with Crippen LogP contribution < -0.4 is 10.1 Å². The van der Waals surface area contributed by atoms with Crippen LogP contribution in [0.5, 0.6) is 5.75 Å². The Bertz CT molecular complexity index is 522. The van der Waals surface area contributed by atoms with Crippen molar-refractivity contribution in [1.82, 2.24) is 10.2 Å². The zero-order chi connectivity index (χ0) is 16.0. The van der Waals surface area contributed by atoms with Crippen LogP contribution in [0.25, 0.3) is 0 Å². The molecule has 0 bridgehead atoms. The zero-order valence-corrected chi connectivity index (χ0v) is 12.2. The molecule has 1 aromatic rings. The highest BCUT2D eigenvalue weighted by Gasteiger charge is 2.17. The number of carboxylic acids is 1. The monoisotopic (exact) mass is 298 g/mol. The molecule has 0 aliphatic rings. The number of halogens is 1. The Morgan fingerprint density at radius 3 is 2.67 bits per heavy atom. The first-order valence-corrected chi connectivity index (χ1v) is 6.39. The average Bonchev–Trinajstić information content (AvgIpc) is 2.45. The maximum Gasteiger partial charge on any atom is 0.317 e. The van der Waals surface area contributed by atoms with Crippen LogP contribution in [0.1, 0.15) is 12.5 Å². The van der Waals surface area contributed by atoms with Gasteiger partial charge in [0.25, 0.3) is 0 Å². The predicted octanol–water partition coefficient (Wildman–Crippen LogP) is 1.70. The molecule has 0 aromatic heterocycles. The summed E-state index contributed by atoms with van der Waals surface area (Å²) in [4.78, 5) is 23.8. The summed E-state index contributed by atoms with van der Waals surface area (Å²) in [6.45, 7) is 1.60. The Morgan fingerprint density at radius 2 is 2.14 bits per heavy atom. The van der Waals surface area contributed by atoms with Gasteiger partial charge < -0.3 is 20.1 Å². The van der Waals surface area contributed by atoms with E-state index in [-0.39, 0.29) is 13.1 Å². The minimum Gasteiger partial charge on any atom is -0.497 e. The molecule has 0 saturated carbocycles. The maximum absolute atomic E-state index is 13.7. The van der Waals surface area contributed by atoms with Crippen LogP contribution in [-0.4, -0.2) is 42.7 Å². The molecule has 1 unspecified atom stereocenters. The summed E-state index contributed by atoms with van der Waals surface area (Å²) in [6, 6.07) is 3.89. The van der Waals surface area contributed by atoms with Gasteiger partial charge >= 0.3 is 12.0 Å². The van der Waals surface area contributed by atoms with E-state index in [4.69, 9.17) is 9.84 Å². The molecule has 1 rings (SSSR count). The lowest BCUT2D eigenvalue weighted by molar-refractivity contribution is -0.141. The van der Waals surface area contributed by atoms with Crippen LogP contribution in [0.2, 0.25) is 0 Å². The Balaban J connectivity index is 2.54. The number of ether oxygens (including phenoxy) is 1. The van der Waals surface area contributed by atoms with E-state index in [0.717, 1.165) is 0 Å². The fourth-order valence-corrected chi connectivity index (χ4v) is 1.68. The molecule has 2 N–H and O–H groups in total. The number of nitrogens with one attached hydrogen (secondary N) is 1. The highest BCUT2D eigenvalue weighted by Crippen LogP contribution is 2.16. The first kappa shape index (κ1) is 16.7. The van der Waals surface area contributed by atoms with Crippen molar-refractivity contribution >= 4 is 12.0 Å². The molecule has 0 aliphatic carbocycles. The number of aliphatic carboxylic acids is 1. The molecule has 0 fully saturated rings. The molecule has 1 aromatic carbocycles. The molecule has 0 aliphatic heterocycles. The lowest BCUT2D eigenvalue weighted by Crippen LogP contribution is -2.40. The average molecular weight is 298 g/mol. The number of hydrogen-bond donors (Lipinski definition) is 2. The van der Waals surface area contributed by atoms with Gasteiger partial charge in [-0.3, -0.25) is 4.79 Å². The van der Waals surface area contributed by atoms with Gasteiger partial charge in [0.1, 0.15) is 11.6 Å². The van der Waals surface area contributed by atoms with Crippen molar-refractivity contribution in [3.05, 3.63) is 29.6 Å². The second-order valence-corrected chi connectivity index (χ2v) is 4.74. The molecule has 0 radical (unpaired) electrons. The van der Waals surface area contributed by atoms with Gasteiger partial charge in [-0.15, -0.1) is 0 Å². The Morgan fingerprint density at radius 1 is 1.48 bits per heavy atom. The van der Waals surface area contributed by atoms with E-state index >= 15 is 0 Å². The van der Waals surface area contributed by atoms with E-state index in [1.807, 2.05) is 0 Å². The third-order valence-corrected chi connectivity index (χ3v) is 3.01. The van der Waals surface area contributed by atoms with E-state index in [9.17, 15) is 14.0 Å². The fourth-order valence-electron chi connectivity index (χ4n) is 1.68. The topological polar surface area (TPSA) is 78.9 Å². The molecular weight excluding hydrogens is 279 g/mol. The van der Waals surface area contributed by atoms with E-state index < -0.39 is 23.7 Å². The fraction of sp³-hybridized carbons (Fsp3) is 0.429. The Kier molecular flexibility index (Phi) is 5.95. The summed E-state index contributed by atoms with van der Waals surface area (Å²) in [6.07, 6.45) is 0. The molecule has 6 nitrogen and oxygen atoms in total. The van der Waals surface area contributed by atoms with Gasteiger partial charge in [0.2, 0.25) is 0 Å². The van der Waals surface area contributed by atoms with Crippen molar-refractivity contribution < 1.29 is 23.8 Å². The summed E-state index contributed by atoms with van der Waals surface area (Å²) in [7, 11) is 2.92. The molecular formula is C14H19FN2O4. The number of nitrogens with zero attached hydrogens (tertiary/aromatic N) is 1. The van der Waals surface area contributed by atoms with Crippen LogP contribution in [0.3, 0.4) is 0 Å². The molecule has 7 heteroatoms. The smallest absolute Gasteiger partial charge is 0.317 e. The minimum atomic E-state index is -0.976. The Hall–Kier alpha value is -2.31. The second-order valence-electron chi connectivity index (χ2n) is 4.74. The highest BCUT2D eigenvalue weighted by atomic mass is 19.1. The summed E-state index contributed by atoms with van der Waals surface area (Å²) < 4.78 is 18.6. The maximum atomic E-state index is 13.7. The second kappa shape index (κ2) is 7.47. The lowest BCUT2D eigenvalue weighted by atomic mass is 10.2. The van der Waals surface area contributed by atoms with Gasteiger partial charge in [-0.05, 0) is 6.07 Å². The number of carbonyl (C=O) groups excluding carboxylic acids is 1. The Labute approximate surface area is 122 Å². The zero-order valence-electron chi connectivity index (χ0n) is 12.2. The number of carboxylic acid groups (broad SMARTS) is 1. The van der Waals surface area contributed by atoms with Crippen molar-refractivity contribution in [3.63, 3.8) is 0 Å². The molecule has 21 heavy (non-hydrogen) atoms. The molecule has 0 saturated heterocycles. The van der Waals surface area contributed by atoms with Gasteiger partial charge in [0, 0.05) is 31.8 Å². The normalized spacial score (nSPS) is 11.6. The van der Waals surface area contributed by atoms with E-state index in [1.54, 1.807) is 6.07 Å². The van der Waals surface area contributed by atoms with Crippen molar-refractivity contribution in [1.29, 1.82) is 0 Å². The SMILES string of the molecule is COc1ccc(CNC(=O)N(C)CC(C)C(=O)O)c(F)c1. The third kappa shape index (κ3) is 4.94. The number of amides is 2. The molecule has 0 heterocycles. The minimum absolute atomic E-state index is 0.0143. The van der Waals surface area contributed by atoms with Crippen LogP contribution in [0, 0.1) is 11.7 Å². The van der Waals surface area contributed by atoms with Gasteiger partial charge in [-0.1, -0.05) is 13.0 Å². The molecule has 116 valence electrons. The molecule has 2 amide bonds. The quantitative estimate of drug-likeness (QED) is 0.838. The lowest BCUT2D eigenvalue weighted by Gasteiger charge is -2.20. The van der Waals surface area contributed by atoms with E-state index in [1.165, 1.54) is 38.1 Å². The summed E-state index contributed by atoms with van der Waals surface area (Å²) in [5.74, 6) is -1.72. The highest BCUT2D eigenvalue weighted by molar-refractivity contribution is 5.75. The number of methoxy groups -OCH3 is 1. The number of hydrogen-bond acceptors (Lipinski definition) is 3. The van der Waals surface area contributed by atoms with Gasteiger partial charge in [0.05, 0.1) is 13.0 Å². The van der Waals surface area contributed by atoms with Crippen LogP contribution in [0.4, 0.5) is 9.18 Å². The largest absolute Gasteiger partial charge is 0.497 e. The summed E-state index contributed by atoms with van der Waals surface area (Å²) >= 11 is 0.